The number of aromatic nitrogens is 2. The van der Waals surface area contributed by atoms with Gasteiger partial charge in [0.25, 0.3) is 0 Å². The first-order valence-corrected chi connectivity index (χ1v) is 10.1. The van der Waals surface area contributed by atoms with Gasteiger partial charge >= 0.3 is 0 Å². The van der Waals surface area contributed by atoms with Gasteiger partial charge in [0.2, 0.25) is 0 Å². The molecule has 0 saturated heterocycles. The predicted molar refractivity (Wildman–Crippen MR) is 118 cm³/mol. The Morgan fingerprint density at radius 2 is 1.70 bits per heavy atom. The van der Waals surface area contributed by atoms with Crippen molar-refractivity contribution in [2.45, 2.75) is 33.1 Å². The average Bonchev–Trinajstić information content (AvgIpc) is 3.11. The minimum atomic E-state index is -0.682. The molecule has 4 aromatic rings. The van der Waals surface area contributed by atoms with E-state index in [-0.39, 0.29) is 6.61 Å². The van der Waals surface area contributed by atoms with Crippen LogP contribution in [0.25, 0.3) is 11.0 Å². The third kappa shape index (κ3) is 4.63. The maximum Gasteiger partial charge on any atom is 0.148 e. The fourth-order valence-corrected chi connectivity index (χ4v) is 3.42. The van der Waals surface area contributed by atoms with Crippen LogP contribution in [0.1, 0.15) is 17.0 Å². The van der Waals surface area contributed by atoms with Crippen molar-refractivity contribution in [1.29, 1.82) is 0 Å². The van der Waals surface area contributed by atoms with Crippen LogP contribution in [0.3, 0.4) is 0 Å². The topological polar surface area (TPSA) is 56.5 Å². The molecule has 5 heteroatoms. The number of benzene rings is 3. The lowest BCUT2D eigenvalue weighted by molar-refractivity contribution is 0.0914. The summed E-state index contributed by atoms with van der Waals surface area (Å²) in [6, 6.07) is 23.6. The Kier molecular flexibility index (Phi) is 6.00. The molecule has 1 N–H and O–H groups in total. The maximum atomic E-state index is 10.7. The lowest BCUT2D eigenvalue weighted by Crippen LogP contribution is -2.25. The van der Waals surface area contributed by atoms with Crippen molar-refractivity contribution in [3.8, 4) is 11.5 Å². The van der Waals surface area contributed by atoms with Crippen LogP contribution in [0.2, 0.25) is 0 Å². The van der Waals surface area contributed by atoms with Gasteiger partial charge in [-0.1, -0.05) is 42.5 Å². The molecule has 1 atom stereocenters. The highest BCUT2D eigenvalue weighted by Crippen LogP contribution is 2.21. The van der Waals surface area contributed by atoms with E-state index in [4.69, 9.17) is 14.5 Å². The zero-order valence-electron chi connectivity index (χ0n) is 17.3. The van der Waals surface area contributed by atoms with Gasteiger partial charge in [-0.2, -0.15) is 0 Å². The van der Waals surface area contributed by atoms with E-state index in [1.165, 1.54) is 0 Å². The normalized spacial score (nSPS) is 12.1. The molecule has 1 aromatic heterocycles. The second kappa shape index (κ2) is 9.01. The van der Waals surface area contributed by atoms with Gasteiger partial charge in [-0.3, -0.25) is 0 Å². The summed E-state index contributed by atoms with van der Waals surface area (Å²) in [6.07, 6.45) is -0.682. The van der Waals surface area contributed by atoms with E-state index >= 15 is 0 Å². The second-order valence-corrected chi connectivity index (χ2v) is 7.46. The van der Waals surface area contributed by atoms with Crippen molar-refractivity contribution in [3.05, 3.63) is 89.7 Å². The van der Waals surface area contributed by atoms with Gasteiger partial charge in [0.15, 0.2) is 0 Å². The first-order chi connectivity index (χ1) is 14.6. The number of aliphatic hydroxyl groups is 1. The van der Waals surface area contributed by atoms with Crippen LogP contribution >= 0.6 is 0 Å². The molecule has 0 unspecified atom stereocenters. The minimum Gasteiger partial charge on any atom is -0.491 e. The third-order valence-corrected chi connectivity index (χ3v) is 5.01. The lowest BCUT2D eigenvalue weighted by atomic mass is 10.1. The fourth-order valence-electron chi connectivity index (χ4n) is 3.42. The average molecular weight is 402 g/mol. The SMILES string of the molecule is Cc1ccc(C)c(OC[C@@H](O)Cn2c(COc3ccccc3)nc3ccccc32)c1. The van der Waals surface area contributed by atoms with E-state index in [2.05, 4.69) is 6.07 Å². The number of hydrogen-bond acceptors (Lipinski definition) is 4. The molecule has 0 spiro atoms. The summed E-state index contributed by atoms with van der Waals surface area (Å²) in [5, 5.41) is 10.7. The Morgan fingerprint density at radius 3 is 2.53 bits per heavy atom. The summed E-state index contributed by atoms with van der Waals surface area (Å²) < 4.78 is 13.8. The molecule has 30 heavy (non-hydrogen) atoms. The van der Waals surface area contributed by atoms with E-state index < -0.39 is 6.10 Å². The molecular formula is C25H26N2O3. The van der Waals surface area contributed by atoms with Gasteiger partial charge in [-0.05, 0) is 55.3 Å². The smallest absolute Gasteiger partial charge is 0.148 e. The second-order valence-electron chi connectivity index (χ2n) is 7.46. The molecule has 0 aliphatic rings. The number of aliphatic hydroxyl groups excluding tert-OH is 1. The van der Waals surface area contributed by atoms with Crippen LogP contribution < -0.4 is 9.47 Å². The van der Waals surface area contributed by atoms with Crippen LogP contribution in [0.4, 0.5) is 0 Å². The summed E-state index contributed by atoms with van der Waals surface area (Å²) in [5.74, 6) is 2.36. The highest BCUT2D eigenvalue weighted by Gasteiger charge is 2.16. The Morgan fingerprint density at radius 1 is 0.933 bits per heavy atom. The summed E-state index contributed by atoms with van der Waals surface area (Å²) >= 11 is 0. The number of fused-ring (bicyclic) bond motifs is 1. The molecular weight excluding hydrogens is 376 g/mol. The highest BCUT2D eigenvalue weighted by atomic mass is 16.5. The van der Waals surface area contributed by atoms with Crippen LogP contribution in [-0.4, -0.2) is 27.4 Å². The van der Waals surface area contributed by atoms with Gasteiger partial charge < -0.3 is 19.1 Å². The summed E-state index contributed by atoms with van der Waals surface area (Å²) in [6.45, 7) is 4.93. The molecule has 0 fully saturated rings. The molecule has 0 amide bonds. The molecule has 4 rings (SSSR count). The van der Waals surface area contributed by atoms with Gasteiger partial charge in [0.1, 0.15) is 36.6 Å². The number of imidazole rings is 1. The summed E-state index contributed by atoms with van der Waals surface area (Å²) in [5.41, 5.74) is 4.03. The first-order valence-electron chi connectivity index (χ1n) is 10.1. The minimum absolute atomic E-state index is 0.204. The lowest BCUT2D eigenvalue weighted by Gasteiger charge is -2.17. The van der Waals surface area contributed by atoms with Crippen molar-refractivity contribution in [2.75, 3.05) is 6.61 Å². The molecule has 1 heterocycles. The van der Waals surface area contributed by atoms with Gasteiger partial charge in [-0.25, -0.2) is 4.98 Å². The molecule has 0 aliphatic heterocycles. The number of para-hydroxylation sites is 3. The number of nitrogens with zero attached hydrogens (tertiary/aromatic N) is 2. The summed E-state index contributed by atoms with van der Waals surface area (Å²) in [7, 11) is 0. The monoisotopic (exact) mass is 402 g/mol. The summed E-state index contributed by atoms with van der Waals surface area (Å²) in [4.78, 5) is 4.71. The predicted octanol–water partition coefficient (Wildman–Crippen LogP) is 4.67. The Hall–Kier alpha value is -3.31. The van der Waals surface area contributed by atoms with Crippen LogP contribution in [0.15, 0.2) is 72.8 Å². The van der Waals surface area contributed by atoms with Crippen molar-refractivity contribution in [2.24, 2.45) is 0 Å². The zero-order valence-corrected chi connectivity index (χ0v) is 17.3. The van der Waals surface area contributed by atoms with E-state index in [1.54, 1.807) is 0 Å². The fraction of sp³-hybridized carbons (Fsp3) is 0.240. The van der Waals surface area contributed by atoms with Crippen LogP contribution in [0, 0.1) is 13.8 Å². The van der Waals surface area contributed by atoms with E-state index in [1.807, 2.05) is 85.1 Å². The number of ether oxygens (including phenoxy) is 2. The van der Waals surface area contributed by atoms with Crippen molar-refractivity contribution in [3.63, 3.8) is 0 Å². The van der Waals surface area contributed by atoms with E-state index in [0.29, 0.717) is 13.2 Å². The third-order valence-electron chi connectivity index (χ3n) is 5.01. The standard InChI is InChI=1S/C25H26N2O3/c1-18-12-13-19(2)24(14-18)30-16-20(28)15-27-23-11-7-6-10-22(23)26-25(27)17-29-21-8-4-3-5-9-21/h3-14,20,28H,15-17H2,1-2H3/t20-/m0/s1. The maximum absolute atomic E-state index is 10.7. The molecule has 0 aliphatic carbocycles. The van der Waals surface area contributed by atoms with Crippen LogP contribution in [0.5, 0.6) is 11.5 Å². The Balaban J connectivity index is 1.49. The molecule has 154 valence electrons. The van der Waals surface area contributed by atoms with Gasteiger partial charge in [0, 0.05) is 0 Å². The molecule has 0 saturated carbocycles. The number of aryl methyl sites for hydroxylation is 2. The highest BCUT2D eigenvalue weighted by molar-refractivity contribution is 5.75. The molecule has 3 aromatic carbocycles. The first kappa shape index (κ1) is 20.0. The Bertz CT molecular complexity index is 1120. The number of rotatable bonds is 8. The van der Waals surface area contributed by atoms with Gasteiger partial charge in [0.05, 0.1) is 17.6 Å². The van der Waals surface area contributed by atoms with E-state index in [9.17, 15) is 5.11 Å². The molecule has 0 bridgehead atoms. The van der Waals surface area contributed by atoms with E-state index in [0.717, 1.165) is 39.5 Å². The van der Waals surface area contributed by atoms with Crippen molar-refractivity contribution in [1.82, 2.24) is 9.55 Å². The van der Waals surface area contributed by atoms with Crippen molar-refractivity contribution < 1.29 is 14.6 Å². The largest absolute Gasteiger partial charge is 0.491 e. The molecule has 0 radical (unpaired) electrons. The molecule has 5 nitrogen and oxygen atoms in total. The van der Waals surface area contributed by atoms with Crippen LogP contribution in [-0.2, 0) is 13.2 Å². The van der Waals surface area contributed by atoms with Crippen molar-refractivity contribution >= 4 is 11.0 Å². The number of hydrogen-bond donors (Lipinski definition) is 1. The quantitative estimate of drug-likeness (QED) is 0.465. The zero-order chi connectivity index (χ0) is 20.9. The Labute approximate surface area is 176 Å². The van der Waals surface area contributed by atoms with Gasteiger partial charge in [-0.15, -0.1) is 0 Å².